The summed E-state index contributed by atoms with van der Waals surface area (Å²) in [6.45, 7) is 4.17. The summed E-state index contributed by atoms with van der Waals surface area (Å²) in [6.07, 6.45) is 0. The molecule has 39 heavy (non-hydrogen) atoms. The molecule has 192 valence electrons. The Labute approximate surface area is 239 Å². The molecule has 2 unspecified atom stereocenters. The van der Waals surface area contributed by atoms with Crippen LogP contribution in [0.2, 0.25) is 0 Å². The summed E-state index contributed by atoms with van der Waals surface area (Å²) in [5, 5.41) is 4.20. The molecular formula is C36H28Cl2O. The molecule has 0 aromatic heterocycles. The van der Waals surface area contributed by atoms with E-state index >= 15 is 0 Å². The van der Waals surface area contributed by atoms with Gasteiger partial charge in [0.25, 0.3) is 0 Å². The predicted octanol–water partition coefficient (Wildman–Crippen LogP) is 11.1. The van der Waals surface area contributed by atoms with Crippen molar-refractivity contribution in [2.45, 2.75) is 24.6 Å². The van der Waals surface area contributed by atoms with E-state index in [2.05, 4.69) is 111 Å². The van der Waals surface area contributed by atoms with Crippen LogP contribution in [0.15, 0.2) is 121 Å². The van der Waals surface area contributed by atoms with Crippen LogP contribution in [-0.4, -0.2) is 0 Å². The van der Waals surface area contributed by atoms with Crippen molar-refractivity contribution in [1.82, 2.24) is 0 Å². The fraction of sp³-hybridized carbons (Fsp3) is 0.111. The molecule has 0 aliphatic heterocycles. The smallest absolute Gasteiger partial charge is 0.127 e. The Morgan fingerprint density at radius 1 is 0.462 bits per heavy atom. The van der Waals surface area contributed by atoms with E-state index in [0.717, 1.165) is 44.9 Å². The second-order valence-electron chi connectivity index (χ2n) is 10.1. The Morgan fingerprint density at radius 2 is 0.872 bits per heavy atom. The number of aryl methyl sites for hydroxylation is 2. The molecule has 3 heteroatoms. The summed E-state index contributed by atoms with van der Waals surface area (Å²) < 4.78 is 6.36. The number of hydrogen-bond acceptors (Lipinski definition) is 1. The minimum absolute atomic E-state index is 0.285. The van der Waals surface area contributed by atoms with E-state index in [4.69, 9.17) is 27.9 Å². The Balaban J connectivity index is 1.28. The zero-order valence-corrected chi connectivity index (χ0v) is 23.4. The van der Waals surface area contributed by atoms with Crippen LogP contribution in [0.1, 0.15) is 44.1 Å². The monoisotopic (exact) mass is 546 g/mol. The number of alkyl halides is 2. The maximum atomic E-state index is 7.04. The van der Waals surface area contributed by atoms with Crippen LogP contribution < -0.4 is 4.74 Å². The number of rotatable bonds is 6. The van der Waals surface area contributed by atoms with Gasteiger partial charge in [-0.2, -0.15) is 0 Å². The van der Waals surface area contributed by atoms with Crippen LogP contribution in [0.3, 0.4) is 0 Å². The molecule has 0 fully saturated rings. The van der Waals surface area contributed by atoms with Crippen LogP contribution in [0, 0.1) is 13.8 Å². The van der Waals surface area contributed by atoms with Crippen LogP contribution in [-0.2, 0) is 0 Å². The van der Waals surface area contributed by atoms with Crippen molar-refractivity contribution < 1.29 is 4.74 Å². The van der Waals surface area contributed by atoms with Gasteiger partial charge in [0.2, 0.25) is 0 Å². The zero-order valence-electron chi connectivity index (χ0n) is 21.9. The molecule has 1 nitrogen and oxygen atoms in total. The molecule has 0 aliphatic rings. The van der Waals surface area contributed by atoms with Gasteiger partial charge < -0.3 is 4.74 Å². The number of benzene rings is 6. The van der Waals surface area contributed by atoms with Crippen molar-refractivity contribution in [2.24, 2.45) is 0 Å². The third-order valence-corrected chi connectivity index (χ3v) is 8.39. The summed E-state index contributed by atoms with van der Waals surface area (Å²) >= 11 is 14.1. The van der Waals surface area contributed by atoms with E-state index in [1.165, 1.54) is 21.5 Å². The van der Waals surface area contributed by atoms with Gasteiger partial charge in [-0.15, -0.1) is 23.2 Å². The maximum absolute atomic E-state index is 7.04. The van der Waals surface area contributed by atoms with E-state index in [1.807, 2.05) is 24.3 Å². The number of hydrogen-bond donors (Lipinski definition) is 0. The summed E-state index contributed by atoms with van der Waals surface area (Å²) in [5.41, 5.74) is 6.43. The molecule has 0 saturated carbocycles. The number of fused-ring (bicyclic) bond motifs is 2. The number of halogens is 2. The van der Waals surface area contributed by atoms with Gasteiger partial charge >= 0.3 is 0 Å². The highest BCUT2D eigenvalue weighted by Crippen LogP contribution is 2.38. The molecule has 0 saturated heterocycles. The normalized spacial score (nSPS) is 12.9. The van der Waals surface area contributed by atoms with Gasteiger partial charge in [-0.3, -0.25) is 0 Å². The van der Waals surface area contributed by atoms with Crippen LogP contribution in [0.25, 0.3) is 21.5 Å². The minimum Gasteiger partial charge on any atom is -0.457 e. The Hall–Kier alpha value is -3.78. The zero-order chi connectivity index (χ0) is 26.9. The first kappa shape index (κ1) is 25.5. The van der Waals surface area contributed by atoms with Crippen molar-refractivity contribution in [1.29, 1.82) is 0 Å². The fourth-order valence-corrected chi connectivity index (χ4v) is 5.88. The van der Waals surface area contributed by atoms with Gasteiger partial charge in [0.05, 0.1) is 10.8 Å². The fourth-order valence-electron chi connectivity index (χ4n) is 5.14. The molecule has 2 atom stereocenters. The lowest BCUT2D eigenvalue weighted by Crippen LogP contribution is -1.99. The van der Waals surface area contributed by atoms with Crippen molar-refractivity contribution in [2.75, 3.05) is 0 Å². The van der Waals surface area contributed by atoms with Gasteiger partial charge in [-0.05, 0) is 105 Å². The second kappa shape index (κ2) is 10.8. The first-order chi connectivity index (χ1) is 19.0. The topological polar surface area (TPSA) is 9.23 Å². The molecule has 0 spiro atoms. The molecular weight excluding hydrogens is 519 g/mol. The van der Waals surface area contributed by atoms with Gasteiger partial charge in [0.1, 0.15) is 11.5 Å². The van der Waals surface area contributed by atoms with Crippen LogP contribution in [0.5, 0.6) is 11.5 Å². The molecule has 6 aromatic rings. The molecule has 6 rings (SSSR count). The van der Waals surface area contributed by atoms with Crippen molar-refractivity contribution in [3.63, 3.8) is 0 Å². The molecule has 0 N–H and O–H groups in total. The highest BCUT2D eigenvalue weighted by Gasteiger charge is 2.17. The molecule has 0 heterocycles. The lowest BCUT2D eigenvalue weighted by molar-refractivity contribution is 0.481. The second-order valence-corrected chi connectivity index (χ2v) is 11.0. The summed E-state index contributed by atoms with van der Waals surface area (Å²) in [6, 6.07) is 41.7. The van der Waals surface area contributed by atoms with Gasteiger partial charge in [-0.25, -0.2) is 0 Å². The quantitative estimate of drug-likeness (QED) is 0.189. The first-order valence-corrected chi connectivity index (χ1v) is 14.0. The molecule has 0 bridgehead atoms. The standard InChI is InChI=1S/C36H28Cl2O/c1-23-11-17-31(21-33(23)35(37)29-15-13-25-7-3-5-9-27(25)19-29)39-32-18-12-24(2)34(22-32)36(38)30-16-14-26-8-4-6-10-28(26)20-30/h3-22,35-36H,1-2H3. The molecule has 0 aliphatic carbocycles. The van der Waals surface area contributed by atoms with Gasteiger partial charge in [0, 0.05) is 0 Å². The molecule has 6 aromatic carbocycles. The largest absolute Gasteiger partial charge is 0.457 e. The Kier molecular flexibility index (Phi) is 7.04. The van der Waals surface area contributed by atoms with E-state index in [9.17, 15) is 0 Å². The third-order valence-electron chi connectivity index (χ3n) is 7.42. The van der Waals surface area contributed by atoms with Crippen molar-refractivity contribution in [3.8, 4) is 11.5 Å². The lowest BCUT2D eigenvalue weighted by Gasteiger charge is -2.18. The van der Waals surface area contributed by atoms with E-state index < -0.39 is 0 Å². The number of ether oxygens (including phenoxy) is 1. The van der Waals surface area contributed by atoms with Crippen molar-refractivity contribution in [3.05, 3.63) is 155 Å². The van der Waals surface area contributed by atoms with Gasteiger partial charge in [-0.1, -0.05) is 84.9 Å². The molecule has 0 amide bonds. The van der Waals surface area contributed by atoms with E-state index in [-0.39, 0.29) is 10.8 Å². The van der Waals surface area contributed by atoms with E-state index in [0.29, 0.717) is 0 Å². The maximum Gasteiger partial charge on any atom is 0.127 e. The Bertz CT molecular complexity index is 1670. The van der Waals surface area contributed by atoms with Gasteiger partial charge in [0.15, 0.2) is 0 Å². The third kappa shape index (κ3) is 5.26. The first-order valence-electron chi connectivity index (χ1n) is 13.1. The average Bonchev–Trinajstić information content (AvgIpc) is 2.98. The van der Waals surface area contributed by atoms with Crippen LogP contribution in [0.4, 0.5) is 0 Å². The average molecular weight is 548 g/mol. The summed E-state index contributed by atoms with van der Waals surface area (Å²) in [5.74, 6) is 1.49. The predicted molar refractivity (Wildman–Crippen MR) is 166 cm³/mol. The van der Waals surface area contributed by atoms with Crippen molar-refractivity contribution >= 4 is 44.7 Å². The summed E-state index contributed by atoms with van der Waals surface area (Å²) in [4.78, 5) is 0. The van der Waals surface area contributed by atoms with E-state index in [1.54, 1.807) is 0 Å². The SMILES string of the molecule is Cc1ccc(Oc2ccc(C)c(C(Cl)c3ccc4ccccc4c3)c2)cc1C(Cl)c1ccc2ccccc2c1. The molecule has 0 radical (unpaired) electrons. The minimum atomic E-state index is -0.285. The highest BCUT2D eigenvalue weighted by molar-refractivity contribution is 6.23. The lowest BCUT2D eigenvalue weighted by atomic mass is 9.97. The Morgan fingerprint density at radius 3 is 1.31 bits per heavy atom. The van der Waals surface area contributed by atoms with Crippen LogP contribution >= 0.6 is 23.2 Å². The highest BCUT2D eigenvalue weighted by atomic mass is 35.5. The summed E-state index contributed by atoms with van der Waals surface area (Å²) in [7, 11) is 0.